The summed E-state index contributed by atoms with van der Waals surface area (Å²) in [5.74, 6) is 1.43. The number of carbonyl (C=O) groups excluding carboxylic acids is 1. The van der Waals surface area contributed by atoms with Crippen molar-refractivity contribution in [3.05, 3.63) is 78.5 Å². The molecule has 0 bridgehead atoms. The number of aromatic amines is 1. The quantitative estimate of drug-likeness (QED) is 0.413. The molecule has 0 saturated carbocycles. The number of nitrogens with one attached hydrogen (secondary N) is 2. The molecule has 0 saturated heterocycles. The average Bonchev–Trinajstić information content (AvgIpc) is 3.28. The fourth-order valence-electron chi connectivity index (χ4n) is 3.57. The van der Waals surface area contributed by atoms with E-state index in [1.807, 2.05) is 69.4 Å². The average molecular weight is 445 g/mol. The highest BCUT2D eigenvalue weighted by Gasteiger charge is 2.23. The predicted octanol–water partition coefficient (Wildman–Crippen LogP) is 5.44. The topological polar surface area (TPSA) is 89.1 Å². The highest BCUT2D eigenvalue weighted by Crippen LogP contribution is 2.25. The number of pyridine rings is 1. The van der Waals surface area contributed by atoms with Gasteiger partial charge in [0.2, 0.25) is 0 Å². The van der Waals surface area contributed by atoms with Crippen LogP contribution in [0.5, 0.6) is 5.75 Å². The Morgan fingerprint density at radius 1 is 1.06 bits per heavy atom. The number of H-pyrrole nitrogens is 1. The zero-order chi connectivity index (χ0) is 23.4. The number of hydrogen-bond donors (Lipinski definition) is 2. The number of benzene rings is 2. The molecule has 1 atom stereocenters. The van der Waals surface area contributed by atoms with Crippen LogP contribution in [0.3, 0.4) is 0 Å². The normalized spacial score (nSPS) is 12.4. The van der Waals surface area contributed by atoms with Crippen molar-refractivity contribution in [3.8, 4) is 17.0 Å². The number of rotatable bonds is 6. The van der Waals surface area contributed by atoms with Crippen LogP contribution in [0.4, 0.5) is 4.79 Å². The summed E-state index contributed by atoms with van der Waals surface area (Å²) in [5.41, 5.74) is 2.32. The molecule has 33 heavy (non-hydrogen) atoms. The van der Waals surface area contributed by atoms with Gasteiger partial charge in [-0.3, -0.25) is 4.98 Å². The minimum atomic E-state index is -0.594. The maximum absolute atomic E-state index is 12.6. The number of imidazole rings is 1. The molecule has 1 amide bonds. The third kappa shape index (κ3) is 5.68. The SMILES string of the molecule is COc1ccc(C[C@H](NC(=O)OC(C)(C)C)c2ncc(-c3ccc4cnccc4c3)[nH]2)cc1. The van der Waals surface area contributed by atoms with Gasteiger partial charge in [0.15, 0.2) is 0 Å². The van der Waals surface area contributed by atoms with Crippen molar-refractivity contribution >= 4 is 16.9 Å². The highest BCUT2D eigenvalue weighted by atomic mass is 16.6. The second-order valence-electron chi connectivity index (χ2n) is 8.87. The van der Waals surface area contributed by atoms with E-state index in [4.69, 9.17) is 9.47 Å². The van der Waals surface area contributed by atoms with Crippen molar-refractivity contribution < 1.29 is 14.3 Å². The van der Waals surface area contributed by atoms with E-state index in [9.17, 15) is 4.79 Å². The molecule has 4 aromatic rings. The van der Waals surface area contributed by atoms with Gasteiger partial charge in [0.05, 0.1) is 25.0 Å². The second-order valence-corrected chi connectivity index (χ2v) is 8.87. The Morgan fingerprint density at radius 2 is 1.85 bits per heavy atom. The van der Waals surface area contributed by atoms with Crippen LogP contribution < -0.4 is 10.1 Å². The standard InChI is InChI=1S/C26H28N4O3/c1-26(2,3)33-25(31)30-22(13-17-5-9-21(32-4)10-6-17)24-28-16-23(29-24)19-7-8-20-15-27-12-11-18(20)14-19/h5-12,14-16,22H,13H2,1-4H3,(H,28,29)(H,30,31)/t22-/m0/s1. The summed E-state index contributed by atoms with van der Waals surface area (Å²) in [6, 6.07) is 15.5. The molecule has 0 spiro atoms. The summed E-state index contributed by atoms with van der Waals surface area (Å²) in [6.45, 7) is 5.52. The van der Waals surface area contributed by atoms with Gasteiger partial charge >= 0.3 is 6.09 Å². The number of amides is 1. The van der Waals surface area contributed by atoms with E-state index in [-0.39, 0.29) is 0 Å². The van der Waals surface area contributed by atoms with E-state index >= 15 is 0 Å². The lowest BCUT2D eigenvalue weighted by atomic mass is 10.1. The first-order chi connectivity index (χ1) is 15.8. The van der Waals surface area contributed by atoms with Gasteiger partial charge in [-0.25, -0.2) is 9.78 Å². The number of fused-ring (bicyclic) bond motifs is 1. The highest BCUT2D eigenvalue weighted by molar-refractivity contribution is 5.85. The van der Waals surface area contributed by atoms with Crippen LogP contribution >= 0.6 is 0 Å². The number of carbonyl (C=O) groups is 1. The number of nitrogens with zero attached hydrogens (tertiary/aromatic N) is 2. The van der Waals surface area contributed by atoms with Gasteiger partial charge in [-0.1, -0.05) is 24.3 Å². The molecule has 2 N–H and O–H groups in total. The number of hydrogen-bond acceptors (Lipinski definition) is 5. The third-order valence-corrected chi connectivity index (χ3v) is 5.17. The smallest absolute Gasteiger partial charge is 0.408 e. The van der Waals surface area contributed by atoms with Crippen LogP contribution in [0.25, 0.3) is 22.0 Å². The molecule has 4 rings (SSSR count). The van der Waals surface area contributed by atoms with E-state index in [1.54, 1.807) is 19.5 Å². The minimum absolute atomic E-state index is 0.397. The lowest BCUT2D eigenvalue weighted by Gasteiger charge is -2.23. The van der Waals surface area contributed by atoms with Crippen LogP contribution in [0, 0.1) is 0 Å². The van der Waals surface area contributed by atoms with Gasteiger partial charge in [0.1, 0.15) is 17.2 Å². The summed E-state index contributed by atoms with van der Waals surface area (Å²) < 4.78 is 10.7. The summed E-state index contributed by atoms with van der Waals surface area (Å²) in [6.07, 6.45) is 5.46. The maximum atomic E-state index is 12.6. The Balaban J connectivity index is 1.61. The predicted molar refractivity (Wildman–Crippen MR) is 128 cm³/mol. The molecule has 2 aromatic carbocycles. The molecule has 7 heteroatoms. The first kappa shape index (κ1) is 22.3. The number of ether oxygens (including phenoxy) is 2. The summed E-state index contributed by atoms with van der Waals surface area (Å²) in [5, 5.41) is 5.14. The number of aromatic nitrogens is 3. The Labute approximate surface area is 193 Å². The third-order valence-electron chi connectivity index (χ3n) is 5.17. The fourth-order valence-corrected chi connectivity index (χ4v) is 3.57. The molecule has 0 fully saturated rings. The van der Waals surface area contributed by atoms with Crippen LogP contribution in [0.2, 0.25) is 0 Å². The number of methoxy groups -OCH3 is 1. The monoisotopic (exact) mass is 444 g/mol. The number of alkyl carbamates (subject to hydrolysis) is 1. The van der Waals surface area contributed by atoms with Gasteiger partial charge in [-0.2, -0.15) is 0 Å². The van der Waals surface area contributed by atoms with Gasteiger partial charge in [-0.05, 0) is 56.0 Å². The van der Waals surface area contributed by atoms with E-state index in [0.29, 0.717) is 12.2 Å². The van der Waals surface area contributed by atoms with Crippen molar-refractivity contribution in [1.29, 1.82) is 0 Å². The van der Waals surface area contributed by atoms with E-state index < -0.39 is 17.7 Å². The summed E-state index contributed by atoms with van der Waals surface area (Å²) >= 11 is 0. The second kappa shape index (κ2) is 9.32. The van der Waals surface area contributed by atoms with Gasteiger partial charge < -0.3 is 19.8 Å². The van der Waals surface area contributed by atoms with Crippen LogP contribution in [-0.4, -0.2) is 33.8 Å². The molecule has 170 valence electrons. The van der Waals surface area contributed by atoms with Crippen LogP contribution in [-0.2, 0) is 11.2 Å². The zero-order valence-corrected chi connectivity index (χ0v) is 19.3. The molecular formula is C26H28N4O3. The summed E-state index contributed by atoms with van der Waals surface area (Å²) in [7, 11) is 1.63. The maximum Gasteiger partial charge on any atom is 0.408 e. The van der Waals surface area contributed by atoms with Crippen molar-refractivity contribution in [2.75, 3.05) is 7.11 Å². The molecule has 2 aromatic heterocycles. The first-order valence-corrected chi connectivity index (χ1v) is 10.8. The largest absolute Gasteiger partial charge is 0.497 e. The molecule has 0 aliphatic rings. The lowest BCUT2D eigenvalue weighted by molar-refractivity contribution is 0.0501. The Kier molecular flexibility index (Phi) is 6.31. The van der Waals surface area contributed by atoms with Crippen molar-refractivity contribution in [2.24, 2.45) is 0 Å². The zero-order valence-electron chi connectivity index (χ0n) is 19.3. The Morgan fingerprint density at radius 3 is 2.58 bits per heavy atom. The molecule has 0 aliphatic heterocycles. The van der Waals surface area contributed by atoms with E-state index in [2.05, 4.69) is 26.3 Å². The van der Waals surface area contributed by atoms with Gasteiger partial charge in [0.25, 0.3) is 0 Å². The Hall–Kier alpha value is -3.87. The van der Waals surface area contributed by atoms with E-state index in [0.717, 1.165) is 33.3 Å². The van der Waals surface area contributed by atoms with Gasteiger partial charge in [-0.15, -0.1) is 0 Å². The van der Waals surface area contributed by atoms with Crippen molar-refractivity contribution in [1.82, 2.24) is 20.3 Å². The fraction of sp³-hybridized carbons (Fsp3) is 0.269. The molecular weight excluding hydrogens is 416 g/mol. The Bertz CT molecular complexity index is 1240. The van der Waals surface area contributed by atoms with Crippen LogP contribution in [0.15, 0.2) is 67.1 Å². The molecule has 0 unspecified atom stereocenters. The van der Waals surface area contributed by atoms with Crippen LogP contribution in [0.1, 0.15) is 38.2 Å². The molecule has 0 aliphatic carbocycles. The first-order valence-electron chi connectivity index (χ1n) is 10.8. The summed E-state index contributed by atoms with van der Waals surface area (Å²) in [4.78, 5) is 24.7. The molecule has 2 heterocycles. The van der Waals surface area contributed by atoms with Crippen molar-refractivity contribution in [2.45, 2.75) is 38.8 Å². The minimum Gasteiger partial charge on any atom is -0.497 e. The van der Waals surface area contributed by atoms with Crippen molar-refractivity contribution in [3.63, 3.8) is 0 Å². The van der Waals surface area contributed by atoms with Gasteiger partial charge in [0, 0.05) is 29.8 Å². The lowest BCUT2D eigenvalue weighted by Crippen LogP contribution is -2.36. The molecule has 7 nitrogen and oxygen atoms in total. The van der Waals surface area contributed by atoms with E-state index in [1.165, 1.54) is 0 Å². The molecule has 0 radical (unpaired) electrons.